The van der Waals surface area contributed by atoms with Crippen LogP contribution in [0.3, 0.4) is 0 Å². The van der Waals surface area contributed by atoms with Crippen LogP contribution in [0.5, 0.6) is 11.5 Å². The molecule has 0 radical (unpaired) electrons. The molecule has 1 rings (SSSR count). The summed E-state index contributed by atoms with van der Waals surface area (Å²) in [6, 6.07) is 5.07. The minimum absolute atomic E-state index is 0.127. The van der Waals surface area contributed by atoms with E-state index >= 15 is 0 Å². The molecule has 0 heterocycles. The van der Waals surface area contributed by atoms with E-state index in [9.17, 15) is 4.79 Å². The second-order valence-corrected chi connectivity index (χ2v) is 3.07. The Bertz CT molecular complexity index is 469. The maximum atomic E-state index is 10.4. The number of methoxy groups -OCH3 is 1. The van der Waals surface area contributed by atoms with Crippen molar-refractivity contribution in [3.8, 4) is 23.8 Å². The molecular formula is C13H12O4. The van der Waals surface area contributed by atoms with E-state index in [4.69, 9.17) is 21.0 Å². The fraction of sp³-hybridized carbons (Fsp3) is 0.154. The lowest BCUT2D eigenvalue weighted by Crippen LogP contribution is -1.97. The summed E-state index contributed by atoms with van der Waals surface area (Å²) in [5, 5.41) is 8.52. The molecule has 1 aromatic carbocycles. The first kappa shape index (κ1) is 12.7. The summed E-state index contributed by atoms with van der Waals surface area (Å²) in [4.78, 5) is 10.4. The van der Waals surface area contributed by atoms with Gasteiger partial charge in [0.05, 0.1) is 7.11 Å². The van der Waals surface area contributed by atoms with Crippen LogP contribution >= 0.6 is 0 Å². The van der Waals surface area contributed by atoms with Crippen LogP contribution in [0.15, 0.2) is 24.3 Å². The zero-order chi connectivity index (χ0) is 12.7. The van der Waals surface area contributed by atoms with Crippen molar-refractivity contribution in [2.75, 3.05) is 13.7 Å². The SMILES string of the molecule is C#CCOc1cc(/C=C/C(=O)O)ccc1OC. The fourth-order valence-electron chi connectivity index (χ4n) is 1.20. The van der Waals surface area contributed by atoms with Crippen molar-refractivity contribution >= 4 is 12.0 Å². The molecule has 0 spiro atoms. The van der Waals surface area contributed by atoms with Crippen LogP contribution in [0.25, 0.3) is 6.08 Å². The number of hydrogen-bond acceptors (Lipinski definition) is 3. The number of terminal acetylenes is 1. The van der Waals surface area contributed by atoms with Gasteiger partial charge in [-0.15, -0.1) is 6.42 Å². The van der Waals surface area contributed by atoms with Gasteiger partial charge in [-0.2, -0.15) is 0 Å². The topological polar surface area (TPSA) is 55.8 Å². The van der Waals surface area contributed by atoms with Gasteiger partial charge in [0.2, 0.25) is 0 Å². The quantitative estimate of drug-likeness (QED) is 0.621. The standard InChI is InChI=1S/C13H12O4/c1-3-8-17-12-9-10(5-7-13(14)15)4-6-11(12)16-2/h1,4-7,9H,8H2,2H3,(H,14,15)/b7-5+. The molecule has 0 atom stereocenters. The van der Waals surface area contributed by atoms with Crippen molar-refractivity contribution in [2.45, 2.75) is 0 Å². The van der Waals surface area contributed by atoms with E-state index in [0.29, 0.717) is 17.1 Å². The molecule has 88 valence electrons. The highest BCUT2D eigenvalue weighted by atomic mass is 16.5. The van der Waals surface area contributed by atoms with Crippen molar-refractivity contribution in [1.29, 1.82) is 0 Å². The Kier molecular flexibility index (Phi) is 4.64. The first-order valence-corrected chi connectivity index (χ1v) is 4.82. The lowest BCUT2D eigenvalue weighted by molar-refractivity contribution is -0.131. The lowest BCUT2D eigenvalue weighted by Gasteiger charge is -2.09. The zero-order valence-electron chi connectivity index (χ0n) is 9.34. The summed E-state index contributed by atoms with van der Waals surface area (Å²) in [5.41, 5.74) is 0.695. The van der Waals surface area contributed by atoms with E-state index < -0.39 is 5.97 Å². The van der Waals surface area contributed by atoms with Crippen LogP contribution in [-0.4, -0.2) is 24.8 Å². The molecular weight excluding hydrogens is 220 g/mol. The van der Waals surface area contributed by atoms with Crippen LogP contribution in [-0.2, 0) is 4.79 Å². The first-order valence-electron chi connectivity index (χ1n) is 4.82. The Hall–Kier alpha value is -2.41. The predicted octanol–water partition coefficient (Wildman–Crippen LogP) is 1.80. The van der Waals surface area contributed by atoms with E-state index in [2.05, 4.69) is 5.92 Å². The molecule has 0 bridgehead atoms. The number of carboxylic acids is 1. The number of rotatable bonds is 5. The molecule has 0 aromatic heterocycles. The fourth-order valence-corrected chi connectivity index (χ4v) is 1.20. The Balaban J connectivity index is 2.96. The van der Waals surface area contributed by atoms with Gasteiger partial charge in [0.15, 0.2) is 11.5 Å². The van der Waals surface area contributed by atoms with Crippen molar-refractivity contribution in [3.05, 3.63) is 29.8 Å². The monoisotopic (exact) mass is 232 g/mol. The van der Waals surface area contributed by atoms with Gasteiger partial charge in [-0.25, -0.2) is 4.79 Å². The average Bonchev–Trinajstić information content (AvgIpc) is 2.33. The molecule has 0 aliphatic heterocycles. The van der Waals surface area contributed by atoms with E-state index in [1.807, 2.05) is 0 Å². The molecule has 0 saturated carbocycles. The van der Waals surface area contributed by atoms with Crippen molar-refractivity contribution in [2.24, 2.45) is 0 Å². The van der Waals surface area contributed by atoms with Crippen LogP contribution in [0.2, 0.25) is 0 Å². The Labute approximate surface area is 99.5 Å². The molecule has 0 saturated heterocycles. The molecule has 0 amide bonds. The Morgan fingerprint density at radius 1 is 1.53 bits per heavy atom. The van der Waals surface area contributed by atoms with Gasteiger partial charge in [0, 0.05) is 6.08 Å². The highest BCUT2D eigenvalue weighted by Crippen LogP contribution is 2.28. The molecule has 4 nitrogen and oxygen atoms in total. The maximum absolute atomic E-state index is 10.4. The second-order valence-electron chi connectivity index (χ2n) is 3.07. The lowest BCUT2D eigenvalue weighted by atomic mass is 10.2. The molecule has 0 unspecified atom stereocenters. The first-order chi connectivity index (χ1) is 8.17. The maximum Gasteiger partial charge on any atom is 0.328 e. The van der Waals surface area contributed by atoms with Crippen molar-refractivity contribution < 1.29 is 19.4 Å². The van der Waals surface area contributed by atoms with Gasteiger partial charge in [-0.1, -0.05) is 12.0 Å². The summed E-state index contributed by atoms with van der Waals surface area (Å²) >= 11 is 0. The minimum atomic E-state index is -1.01. The zero-order valence-corrected chi connectivity index (χ0v) is 9.34. The summed E-state index contributed by atoms with van der Waals surface area (Å²) in [6.45, 7) is 0.127. The van der Waals surface area contributed by atoms with E-state index in [-0.39, 0.29) is 6.61 Å². The molecule has 4 heteroatoms. The largest absolute Gasteiger partial charge is 0.493 e. The van der Waals surface area contributed by atoms with E-state index in [1.54, 1.807) is 18.2 Å². The normalized spacial score (nSPS) is 9.88. The average molecular weight is 232 g/mol. The van der Waals surface area contributed by atoms with Gasteiger partial charge in [-0.3, -0.25) is 0 Å². The number of hydrogen-bond donors (Lipinski definition) is 1. The third kappa shape index (κ3) is 3.92. The summed E-state index contributed by atoms with van der Waals surface area (Å²) in [6.07, 6.45) is 7.61. The molecule has 17 heavy (non-hydrogen) atoms. The number of benzene rings is 1. The summed E-state index contributed by atoms with van der Waals surface area (Å²) in [5.74, 6) is 2.37. The van der Waals surface area contributed by atoms with Gasteiger partial charge >= 0.3 is 5.97 Å². The Morgan fingerprint density at radius 3 is 2.88 bits per heavy atom. The highest BCUT2D eigenvalue weighted by Gasteiger charge is 2.04. The third-order valence-electron chi connectivity index (χ3n) is 1.92. The number of carbonyl (C=O) groups is 1. The minimum Gasteiger partial charge on any atom is -0.493 e. The summed E-state index contributed by atoms with van der Waals surface area (Å²) < 4.78 is 10.4. The predicted molar refractivity (Wildman–Crippen MR) is 64.0 cm³/mol. The summed E-state index contributed by atoms with van der Waals surface area (Å²) in [7, 11) is 1.52. The molecule has 0 aliphatic carbocycles. The van der Waals surface area contributed by atoms with Gasteiger partial charge in [0.1, 0.15) is 6.61 Å². The van der Waals surface area contributed by atoms with Crippen LogP contribution in [0, 0.1) is 12.3 Å². The molecule has 0 aliphatic rings. The van der Waals surface area contributed by atoms with Gasteiger partial charge < -0.3 is 14.6 Å². The van der Waals surface area contributed by atoms with Crippen LogP contribution in [0.4, 0.5) is 0 Å². The van der Waals surface area contributed by atoms with Gasteiger partial charge in [0.25, 0.3) is 0 Å². The van der Waals surface area contributed by atoms with Crippen molar-refractivity contribution in [1.82, 2.24) is 0 Å². The highest BCUT2D eigenvalue weighted by molar-refractivity contribution is 5.85. The molecule has 1 N–H and O–H groups in total. The number of aliphatic carboxylic acids is 1. The second kappa shape index (κ2) is 6.23. The smallest absolute Gasteiger partial charge is 0.328 e. The third-order valence-corrected chi connectivity index (χ3v) is 1.92. The Morgan fingerprint density at radius 2 is 2.29 bits per heavy atom. The molecule has 1 aromatic rings. The molecule has 0 fully saturated rings. The van der Waals surface area contributed by atoms with Gasteiger partial charge in [-0.05, 0) is 23.8 Å². The van der Waals surface area contributed by atoms with E-state index in [1.165, 1.54) is 13.2 Å². The number of carboxylic acid groups (broad SMARTS) is 1. The van der Waals surface area contributed by atoms with Crippen LogP contribution < -0.4 is 9.47 Å². The van der Waals surface area contributed by atoms with Crippen molar-refractivity contribution in [3.63, 3.8) is 0 Å². The number of ether oxygens (including phenoxy) is 2. The van der Waals surface area contributed by atoms with Crippen LogP contribution in [0.1, 0.15) is 5.56 Å². The van der Waals surface area contributed by atoms with E-state index in [0.717, 1.165) is 6.08 Å².